The lowest BCUT2D eigenvalue weighted by atomic mass is 10.1. The molecule has 0 unspecified atom stereocenters. The Balaban J connectivity index is 2.19. The second-order valence-corrected chi connectivity index (χ2v) is 4.31. The van der Waals surface area contributed by atoms with E-state index in [-0.39, 0.29) is 0 Å². The quantitative estimate of drug-likeness (QED) is 0.801. The first kappa shape index (κ1) is 13.1. The summed E-state index contributed by atoms with van der Waals surface area (Å²) < 4.78 is 0. The molecule has 0 saturated heterocycles. The van der Waals surface area contributed by atoms with Crippen molar-refractivity contribution in [3.63, 3.8) is 0 Å². The van der Waals surface area contributed by atoms with E-state index in [1.807, 2.05) is 6.92 Å². The normalized spacial score (nSPS) is 10.4. The van der Waals surface area contributed by atoms with Gasteiger partial charge in [-0.3, -0.25) is 9.97 Å². The predicted molar refractivity (Wildman–Crippen MR) is 73.2 cm³/mol. The molecule has 3 N–H and O–H groups in total. The molecule has 0 aliphatic rings. The fourth-order valence-electron chi connectivity index (χ4n) is 1.81. The van der Waals surface area contributed by atoms with E-state index in [1.54, 1.807) is 19.3 Å². The number of aryl methyl sites for hydroxylation is 4. The Morgan fingerprint density at radius 1 is 1.16 bits per heavy atom. The third-order valence-electron chi connectivity index (χ3n) is 2.76. The van der Waals surface area contributed by atoms with Crippen LogP contribution in [-0.4, -0.2) is 26.2 Å². The molecule has 2 rings (SSSR count). The van der Waals surface area contributed by atoms with Crippen LogP contribution in [0.3, 0.4) is 0 Å². The van der Waals surface area contributed by atoms with Crippen molar-refractivity contribution in [1.82, 2.24) is 19.9 Å². The van der Waals surface area contributed by atoms with Crippen LogP contribution in [-0.2, 0) is 12.8 Å². The Morgan fingerprint density at radius 3 is 2.58 bits per heavy atom. The summed E-state index contributed by atoms with van der Waals surface area (Å²) in [6.07, 6.45) is 6.08. The van der Waals surface area contributed by atoms with Crippen LogP contribution < -0.4 is 5.73 Å². The predicted octanol–water partition coefficient (Wildman–Crippen LogP) is 1.25. The summed E-state index contributed by atoms with van der Waals surface area (Å²) in [7, 11) is 0. The highest BCUT2D eigenvalue weighted by Gasteiger charge is 2.09. The number of hydrogen-bond acceptors (Lipinski definition) is 6. The number of aromatic nitrogens is 4. The van der Waals surface area contributed by atoms with Crippen LogP contribution in [0.1, 0.15) is 28.5 Å². The molecule has 2 aromatic rings. The molecule has 0 radical (unpaired) electrons. The van der Waals surface area contributed by atoms with Crippen LogP contribution in [0.5, 0.6) is 0 Å². The summed E-state index contributed by atoms with van der Waals surface area (Å²) in [5, 5.41) is 7.39. The number of rotatable bonds is 4. The molecule has 0 amide bonds. The largest absolute Gasteiger partial charge is 0.383 e. The average molecular weight is 256 g/mol. The summed E-state index contributed by atoms with van der Waals surface area (Å²) in [4.78, 5) is 16.9. The van der Waals surface area contributed by atoms with Crippen molar-refractivity contribution in [3.8, 4) is 0 Å². The van der Waals surface area contributed by atoms with Gasteiger partial charge in [0, 0.05) is 18.6 Å². The minimum absolute atomic E-state index is 0.354. The van der Waals surface area contributed by atoms with Crippen LogP contribution in [0.25, 0.3) is 0 Å². The van der Waals surface area contributed by atoms with Crippen molar-refractivity contribution >= 4 is 12.0 Å². The van der Waals surface area contributed by atoms with Crippen LogP contribution in [0.2, 0.25) is 0 Å². The first-order chi connectivity index (χ1) is 9.10. The Morgan fingerprint density at radius 2 is 1.95 bits per heavy atom. The van der Waals surface area contributed by atoms with Crippen molar-refractivity contribution in [2.24, 2.45) is 0 Å². The van der Waals surface area contributed by atoms with E-state index in [4.69, 9.17) is 11.1 Å². The van der Waals surface area contributed by atoms with Crippen LogP contribution >= 0.6 is 0 Å². The standard InChI is InChI=1S/C13H16N6/c1-8-6-17-10(7-16-8)3-4-12-11(5-14)13(15)19-9(2)18-12/h5-7,14H,3-4H2,1-2H3,(H2,15,18,19). The molecule has 0 spiro atoms. The van der Waals surface area contributed by atoms with E-state index in [1.165, 1.54) is 6.21 Å². The van der Waals surface area contributed by atoms with Gasteiger partial charge >= 0.3 is 0 Å². The Labute approximate surface area is 111 Å². The zero-order chi connectivity index (χ0) is 13.8. The van der Waals surface area contributed by atoms with Crippen molar-refractivity contribution in [1.29, 1.82) is 5.41 Å². The van der Waals surface area contributed by atoms with E-state index in [0.29, 0.717) is 30.0 Å². The minimum Gasteiger partial charge on any atom is -0.383 e. The molecule has 0 fully saturated rings. The molecule has 0 aliphatic heterocycles. The topological polar surface area (TPSA) is 101 Å². The van der Waals surface area contributed by atoms with Crippen molar-refractivity contribution < 1.29 is 0 Å². The van der Waals surface area contributed by atoms with Crippen molar-refractivity contribution in [3.05, 3.63) is 40.9 Å². The highest BCUT2D eigenvalue weighted by Crippen LogP contribution is 2.13. The molecule has 19 heavy (non-hydrogen) atoms. The number of nitrogens with one attached hydrogen (secondary N) is 1. The molecule has 0 bridgehead atoms. The molecule has 98 valence electrons. The molecule has 0 atom stereocenters. The third kappa shape index (κ3) is 3.09. The third-order valence-corrected chi connectivity index (χ3v) is 2.76. The fourth-order valence-corrected chi connectivity index (χ4v) is 1.81. The number of nitrogen functional groups attached to an aromatic ring is 1. The first-order valence-corrected chi connectivity index (χ1v) is 6.01. The second kappa shape index (κ2) is 5.51. The molecule has 6 nitrogen and oxygen atoms in total. The van der Waals surface area contributed by atoms with Gasteiger partial charge < -0.3 is 11.1 Å². The lowest BCUT2D eigenvalue weighted by Gasteiger charge is -2.08. The van der Waals surface area contributed by atoms with Crippen LogP contribution in [0.4, 0.5) is 5.82 Å². The van der Waals surface area contributed by atoms with E-state index in [9.17, 15) is 0 Å². The number of nitrogens with zero attached hydrogens (tertiary/aromatic N) is 4. The summed E-state index contributed by atoms with van der Waals surface area (Å²) in [6, 6.07) is 0. The van der Waals surface area contributed by atoms with Gasteiger partial charge in [0.2, 0.25) is 0 Å². The Kier molecular flexibility index (Phi) is 3.79. The molecule has 6 heteroatoms. The summed E-state index contributed by atoms with van der Waals surface area (Å²) in [5.41, 5.74) is 8.95. The van der Waals surface area contributed by atoms with Crippen LogP contribution in [0.15, 0.2) is 12.4 Å². The summed E-state index contributed by atoms with van der Waals surface area (Å²) >= 11 is 0. The molecule has 0 aromatic carbocycles. The van der Waals surface area contributed by atoms with E-state index in [2.05, 4.69) is 19.9 Å². The van der Waals surface area contributed by atoms with Crippen molar-refractivity contribution in [2.75, 3.05) is 5.73 Å². The second-order valence-electron chi connectivity index (χ2n) is 4.31. The highest BCUT2D eigenvalue weighted by molar-refractivity contribution is 5.84. The molecule has 0 aliphatic carbocycles. The molecule has 0 saturated carbocycles. The number of anilines is 1. The van der Waals surface area contributed by atoms with Gasteiger partial charge in [0.25, 0.3) is 0 Å². The maximum atomic E-state index is 7.39. The summed E-state index contributed by atoms with van der Waals surface area (Å²) in [5.74, 6) is 0.973. The van der Waals surface area contributed by atoms with E-state index in [0.717, 1.165) is 17.1 Å². The fraction of sp³-hybridized carbons (Fsp3) is 0.308. The molecule has 2 aromatic heterocycles. The smallest absolute Gasteiger partial charge is 0.136 e. The van der Waals surface area contributed by atoms with Gasteiger partial charge in [-0.25, -0.2) is 9.97 Å². The van der Waals surface area contributed by atoms with Crippen LogP contribution in [0, 0.1) is 19.3 Å². The van der Waals surface area contributed by atoms with Gasteiger partial charge in [-0.2, -0.15) is 0 Å². The minimum atomic E-state index is 0.354. The SMILES string of the molecule is Cc1cnc(CCc2nc(C)nc(N)c2C=N)cn1. The van der Waals surface area contributed by atoms with Gasteiger partial charge in [0.1, 0.15) is 11.6 Å². The Bertz CT molecular complexity index is 591. The molecular weight excluding hydrogens is 240 g/mol. The maximum absolute atomic E-state index is 7.39. The highest BCUT2D eigenvalue weighted by atomic mass is 14.9. The molecule has 2 heterocycles. The molecular formula is C13H16N6. The van der Waals surface area contributed by atoms with Gasteiger partial charge in [-0.05, 0) is 26.7 Å². The average Bonchev–Trinajstić information content (AvgIpc) is 2.37. The lowest BCUT2D eigenvalue weighted by Crippen LogP contribution is -2.08. The number of nitrogens with two attached hydrogens (primary N) is 1. The monoisotopic (exact) mass is 256 g/mol. The Hall–Kier alpha value is -2.37. The first-order valence-electron chi connectivity index (χ1n) is 6.01. The maximum Gasteiger partial charge on any atom is 0.136 e. The van der Waals surface area contributed by atoms with Gasteiger partial charge in [-0.15, -0.1) is 0 Å². The zero-order valence-electron chi connectivity index (χ0n) is 11.0. The zero-order valence-corrected chi connectivity index (χ0v) is 11.0. The van der Waals surface area contributed by atoms with Crippen molar-refractivity contribution in [2.45, 2.75) is 26.7 Å². The number of hydrogen-bond donors (Lipinski definition) is 2. The van der Waals surface area contributed by atoms with E-state index < -0.39 is 0 Å². The van der Waals surface area contributed by atoms with E-state index >= 15 is 0 Å². The lowest BCUT2D eigenvalue weighted by molar-refractivity contribution is 0.845. The van der Waals surface area contributed by atoms with Gasteiger partial charge in [-0.1, -0.05) is 0 Å². The summed E-state index contributed by atoms with van der Waals surface area (Å²) in [6.45, 7) is 3.69. The van der Waals surface area contributed by atoms with Gasteiger partial charge in [0.15, 0.2) is 0 Å². The van der Waals surface area contributed by atoms with Gasteiger partial charge in [0.05, 0.1) is 22.6 Å².